The normalized spacial score (nSPS) is 10.1. The summed E-state index contributed by atoms with van der Waals surface area (Å²) in [5.74, 6) is 2.48. The van der Waals surface area contributed by atoms with E-state index < -0.39 is 0 Å². The van der Waals surface area contributed by atoms with Gasteiger partial charge in [-0.25, -0.2) is 0 Å². The molecule has 0 fully saturated rings. The Labute approximate surface area is 147 Å². The summed E-state index contributed by atoms with van der Waals surface area (Å²) in [6, 6.07) is 10.8. The predicted molar refractivity (Wildman–Crippen MR) is 96.0 cm³/mol. The average molecular weight is 345 g/mol. The molecule has 134 valence electrons. The Morgan fingerprint density at radius 2 is 1.52 bits per heavy atom. The van der Waals surface area contributed by atoms with Gasteiger partial charge in [0.2, 0.25) is 5.91 Å². The van der Waals surface area contributed by atoms with Crippen LogP contribution < -0.4 is 24.3 Å². The van der Waals surface area contributed by atoms with Crippen LogP contribution in [0.5, 0.6) is 23.0 Å². The fourth-order valence-corrected chi connectivity index (χ4v) is 2.53. The van der Waals surface area contributed by atoms with E-state index in [4.69, 9.17) is 18.9 Å². The first-order chi connectivity index (χ1) is 12.1. The van der Waals surface area contributed by atoms with E-state index in [0.717, 1.165) is 5.56 Å². The minimum atomic E-state index is -0.128. The van der Waals surface area contributed by atoms with Crippen LogP contribution in [-0.4, -0.2) is 34.3 Å². The summed E-state index contributed by atoms with van der Waals surface area (Å²) in [5.41, 5.74) is 1.46. The molecule has 0 aliphatic carbocycles. The summed E-state index contributed by atoms with van der Waals surface area (Å²) >= 11 is 0. The highest BCUT2D eigenvalue weighted by molar-refractivity contribution is 5.92. The standard InChI is InChI=1S/C19H23NO5/c1-22-13-8-10-15(18(12-13)25-4)20-19(21)11-9-14-16(23-2)6-5-7-17(14)24-3/h5-8,10,12H,9,11H2,1-4H3,(H,20,21). The maximum atomic E-state index is 12.3. The Morgan fingerprint density at radius 3 is 2.08 bits per heavy atom. The van der Waals surface area contributed by atoms with Gasteiger partial charge in [0.05, 0.1) is 34.1 Å². The minimum Gasteiger partial charge on any atom is -0.497 e. The molecule has 1 N–H and O–H groups in total. The summed E-state index contributed by atoms with van der Waals surface area (Å²) in [6.45, 7) is 0. The molecule has 0 unspecified atom stereocenters. The molecule has 25 heavy (non-hydrogen) atoms. The van der Waals surface area contributed by atoms with Crippen molar-refractivity contribution in [3.8, 4) is 23.0 Å². The number of hydrogen-bond donors (Lipinski definition) is 1. The Kier molecular flexibility index (Phi) is 6.51. The van der Waals surface area contributed by atoms with E-state index in [1.165, 1.54) is 0 Å². The summed E-state index contributed by atoms with van der Waals surface area (Å²) in [4.78, 5) is 12.3. The van der Waals surface area contributed by atoms with E-state index in [1.807, 2.05) is 18.2 Å². The lowest BCUT2D eigenvalue weighted by atomic mass is 10.1. The second-order valence-corrected chi connectivity index (χ2v) is 5.26. The van der Waals surface area contributed by atoms with E-state index in [1.54, 1.807) is 46.6 Å². The van der Waals surface area contributed by atoms with Crippen molar-refractivity contribution in [2.75, 3.05) is 33.8 Å². The lowest BCUT2D eigenvalue weighted by molar-refractivity contribution is -0.116. The first-order valence-electron chi connectivity index (χ1n) is 7.84. The second kappa shape index (κ2) is 8.82. The quantitative estimate of drug-likeness (QED) is 0.795. The summed E-state index contributed by atoms with van der Waals surface area (Å²) < 4.78 is 21.2. The van der Waals surface area contributed by atoms with Crippen LogP contribution in [0.1, 0.15) is 12.0 Å². The van der Waals surface area contributed by atoms with Crippen molar-refractivity contribution >= 4 is 11.6 Å². The van der Waals surface area contributed by atoms with Gasteiger partial charge in [-0.15, -0.1) is 0 Å². The maximum absolute atomic E-state index is 12.3. The molecule has 0 atom stereocenters. The second-order valence-electron chi connectivity index (χ2n) is 5.26. The van der Waals surface area contributed by atoms with Crippen LogP contribution in [0, 0.1) is 0 Å². The fourth-order valence-electron chi connectivity index (χ4n) is 2.53. The molecule has 1 amide bonds. The van der Waals surface area contributed by atoms with E-state index in [-0.39, 0.29) is 12.3 Å². The number of rotatable bonds is 8. The van der Waals surface area contributed by atoms with Crippen molar-refractivity contribution in [2.24, 2.45) is 0 Å². The zero-order chi connectivity index (χ0) is 18.2. The summed E-state index contributed by atoms with van der Waals surface area (Å²) in [5, 5.41) is 2.86. The van der Waals surface area contributed by atoms with E-state index in [9.17, 15) is 4.79 Å². The molecule has 0 aliphatic rings. The number of hydrogen-bond acceptors (Lipinski definition) is 5. The lowest BCUT2D eigenvalue weighted by Gasteiger charge is -2.14. The van der Waals surface area contributed by atoms with E-state index >= 15 is 0 Å². The maximum Gasteiger partial charge on any atom is 0.224 e. The topological polar surface area (TPSA) is 66.0 Å². The highest BCUT2D eigenvalue weighted by Crippen LogP contribution is 2.31. The number of benzene rings is 2. The van der Waals surface area contributed by atoms with Gasteiger partial charge in [-0.1, -0.05) is 6.07 Å². The molecule has 0 saturated carbocycles. The summed E-state index contributed by atoms with van der Waals surface area (Å²) in [7, 11) is 6.32. The van der Waals surface area contributed by atoms with Crippen molar-refractivity contribution in [3.63, 3.8) is 0 Å². The zero-order valence-corrected chi connectivity index (χ0v) is 14.9. The van der Waals surface area contributed by atoms with Gasteiger partial charge in [-0.05, 0) is 30.7 Å². The molecule has 0 bridgehead atoms. The van der Waals surface area contributed by atoms with Gasteiger partial charge in [-0.3, -0.25) is 4.79 Å². The molecular weight excluding hydrogens is 322 g/mol. The van der Waals surface area contributed by atoms with Gasteiger partial charge in [0.25, 0.3) is 0 Å². The molecular formula is C19H23NO5. The number of ether oxygens (including phenoxy) is 4. The van der Waals surface area contributed by atoms with Crippen LogP contribution >= 0.6 is 0 Å². The molecule has 0 saturated heterocycles. The van der Waals surface area contributed by atoms with Crippen LogP contribution in [0.15, 0.2) is 36.4 Å². The molecule has 0 heterocycles. The number of nitrogens with one attached hydrogen (secondary N) is 1. The molecule has 6 heteroatoms. The number of carbonyl (C=O) groups is 1. The lowest BCUT2D eigenvalue weighted by Crippen LogP contribution is -2.13. The smallest absolute Gasteiger partial charge is 0.224 e. The number of methoxy groups -OCH3 is 4. The Morgan fingerprint density at radius 1 is 0.880 bits per heavy atom. The van der Waals surface area contributed by atoms with Gasteiger partial charge in [0.15, 0.2) is 0 Å². The molecule has 2 aromatic rings. The Hall–Kier alpha value is -2.89. The van der Waals surface area contributed by atoms with Crippen molar-refractivity contribution in [2.45, 2.75) is 12.8 Å². The van der Waals surface area contributed by atoms with Gasteiger partial charge in [0, 0.05) is 18.1 Å². The molecule has 0 aromatic heterocycles. The van der Waals surface area contributed by atoms with Gasteiger partial charge in [-0.2, -0.15) is 0 Å². The largest absolute Gasteiger partial charge is 0.497 e. The number of anilines is 1. The Balaban J connectivity index is 2.07. The summed E-state index contributed by atoms with van der Waals surface area (Å²) in [6.07, 6.45) is 0.781. The SMILES string of the molecule is COc1ccc(NC(=O)CCc2c(OC)cccc2OC)c(OC)c1. The third-order valence-corrected chi connectivity index (χ3v) is 3.81. The Bertz CT molecular complexity index is 707. The van der Waals surface area contributed by atoms with Crippen LogP contribution in [-0.2, 0) is 11.2 Å². The monoisotopic (exact) mass is 345 g/mol. The highest BCUT2D eigenvalue weighted by Gasteiger charge is 2.13. The van der Waals surface area contributed by atoms with E-state index in [0.29, 0.717) is 35.1 Å². The van der Waals surface area contributed by atoms with Crippen molar-refractivity contribution in [1.29, 1.82) is 0 Å². The van der Waals surface area contributed by atoms with Gasteiger partial charge < -0.3 is 24.3 Å². The fraction of sp³-hybridized carbons (Fsp3) is 0.316. The molecule has 2 rings (SSSR count). The molecule has 0 radical (unpaired) electrons. The van der Waals surface area contributed by atoms with Crippen LogP contribution in [0.2, 0.25) is 0 Å². The zero-order valence-electron chi connectivity index (χ0n) is 14.9. The highest BCUT2D eigenvalue weighted by atomic mass is 16.5. The van der Waals surface area contributed by atoms with Crippen LogP contribution in [0.4, 0.5) is 5.69 Å². The van der Waals surface area contributed by atoms with Crippen molar-refractivity contribution in [1.82, 2.24) is 0 Å². The van der Waals surface area contributed by atoms with Crippen molar-refractivity contribution in [3.05, 3.63) is 42.0 Å². The van der Waals surface area contributed by atoms with Gasteiger partial charge >= 0.3 is 0 Å². The average Bonchev–Trinajstić information content (AvgIpc) is 2.66. The number of amides is 1. The number of carbonyl (C=O) groups excluding carboxylic acids is 1. The molecule has 0 aliphatic heterocycles. The van der Waals surface area contributed by atoms with E-state index in [2.05, 4.69) is 5.32 Å². The van der Waals surface area contributed by atoms with Crippen LogP contribution in [0.3, 0.4) is 0 Å². The first-order valence-corrected chi connectivity index (χ1v) is 7.84. The predicted octanol–water partition coefficient (Wildman–Crippen LogP) is 3.29. The molecule has 0 spiro atoms. The van der Waals surface area contributed by atoms with Gasteiger partial charge in [0.1, 0.15) is 23.0 Å². The third kappa shape index (κ3) is 4.56. The third-order valence-electron chi connectivity index (χ3n) is 3.81. The van der Waals surface area contributed by atoms with Crippen LogP contribution in [0.25, 0.3) is 0 Å². The van der Waals surface area contributed by atoms with Crippen molar-refractivity contribution < 1.29 is 23.7 Å². The first kappa shape index (κ1) is 18.4. The molecule has 6 nitrogen and oxygen atoms in total. The molecule has 2 aromatic carbocycles. The minimum absolute atomic E-state index is 0.128.